The van der Waals surface area contributed by atoms with Crippen molar-refractivity contribution in [3.63, 3.8) is 0 Å². The molecule has 0 bridgehead atoms. The van der Waals surface area contributed by atoms with Crippen molar-refractivity contribution in [2.75, 3.05) is 6.61 Å². The zero-order valence-corrected chi connectivity index (χ0v) is 6.57. The van der Waals surface area contributed by atoms with Gasteiger partial charge in [-0.1, -0.05) is 13.3 Å². The molecule has 0 fully saturated rings. The summed E-state index contributed by atoms with van der Waals surface area (Å²) in [7, 11) is 0. The Kier molecular flexibility index (Phi) is 15.3. The predicted octanol–water partition coefficient (Wildman–Crippen LogP) is 0.398. The molecule has 0 atom stereocenters. The summed E-state index contributed by atoms with van der Waals surface area (Å²) in [5.74, 6) is 0. The van der Waals surface area contributed by atoms with Gasteiger partial charge in [-0.2, -0.15) is 0 Å². The maximum atomic E-state index is 8.07. The molecule has 1 nitrogen and oxygen atoms in total. The number of aliphatic hydroxyl groups excluding tert-OH is 1. The van der Waals surface area contributed by atoms with Crippen LogP contribution in [0.25, 0.3) is 0 Å². The summed E-state index contributed by atoms with van der Waals surface area (Å²) < 4.78 is 0. The van der Waals surface area contributed by atoms with E-state index in [0.29, 0.717) is 6.61 Å². The van der Waals surface area contributed by atoms with Gasteiger partial charge in [0.05, 0.1) is 0 Å². The van der Waals surface area contributed by atoms with E-state index < -0.39 is 0 Å². The molecule has 0 aromatic carbocycles. The van der Waals surface area contributed by atoms with Gasteiger partial charge in [-0.25, -0.2) is 0 Å². The molecular formula is C4H10OSb+3. The standard InChI is InChI=1S/C4H10O.Sb/c1-2-3-4-5;/h5H,2-4H2,1H3;/q;+3. The number of unbranched alkanes of at least 4 members (excludes halogenated alkanes) is 1. The molecule has 0 heterocycles. The van der Waals surface area contributed by atoms with Gasteiger partial charge in [0, 0.05) is 6.61 Å². The first-order chi connectivity index (χ1) is 2.41. The molecule has 2 heteroatoms. The number of rotatable bonds is 2. The Morgan fingerprint density at radius 2 is 2.00 bits per heavy atom. The van der Waals surface area contributed by atoms with E-state index in [1.54, 1.807) is 0 Å². The van der Waals surface area contributed by atoms with E-state index in [0.717, 1.165) is 12.8 Å². The molecule has 0 amide bonds. The van der Waals surface area contributed by atoms with Crippen molar-refractivity contribution in [2.24, 2.45) is 0 Å². The molecule has 0 aromatic heterocycles. The monoisotopic (exact) mass is 195 g/mol. The van der Waals surface area contributed by atoms with Crippen LogP contribution in [0.2, 0.25) is 0 Å². The van der Waals surface area contributed by atoms with Gasteiger partial charge >= 0.3 is 24.4 Å². The maximum absolute atomic E-state index is 8.07. The molecule has 0 saturated carbocycles. The second-order valence-corrected chi connectivity index (χ2v) is 1.08. The van der Waals surface area contributed by atoms with E-state index in [9.17, 15) is 0 Å². The van der Waals surface area contributed by atoms with Crippen LogP contribution in [0.5, 0.6) is 0 Å². The van der Waals surface area contributed by atoms with Crippen molar-refractivity contribution in [1.82, 2.24) is 0 Å². The van der Waals surface area contributed by atoms with Crippen LogP contribution in [0.1, 0.15) is 19.8 Å². The quantitative estimate of drug-likeness (QED) is 0.633. The number of aliphatic hydroxyl groups is 1. The first-order valence-electron chi connectivity index (χ1n) is 2.02. The van der Waals surface area contributed by atoms with Crippen LogP contribution in [0.4, 0.5) is 0 Å². The van der Waals surface area contributed by atoms with E-state index in [2.05, 4.69) is 6.92 Å². The first-order valence-corrected chi connectivity index (χ1v) is 2.02. The summed E-state index contributed by atoms with van der Waals surface area (Å²) in [5, 5.41) is 8.07. The molecule has 6 heavy (non-hydrogen) atoms. The van der Waals surface area contributed by atoms with Crippen molar-refractivity contribution in [3.05, 3.63) is 0 Å². The van der Waals surface area contributed by atoms with Gasteiger partial charge in [0.2, 0.25) is 0 Å². The Morgan fingerprint density at radius 3 is 2.00 bits per heavy atom. The fourth-order valence-electron chi connectivity index (χ4n) is 0.158. The summed E-state index contributed by atoms with van der Waals surface area (Å²) in [5.41, 5.74) is 0. The molecule has 0 spiro atoms. The molecule has 0 saturated heterocycles. The van der Waals surface area contributed by atoms with Crippen molar-refractivity contribution < 1.29 is 5.11 Å². The summed E-state index contributed by atoms with van der Waals surface area (Å²) in [6.45, 7) is 2.40. The zero-order chi connectivity index (χ0) is 4.12. The molecule has 0 unspecified atom stereocenters. The Labute approximate surface area is 56.2 Å². The minimum absolute atomic E-state index is 0. The van der Waals surface area contributed by atoms with Gasteiger partial charge in [0.1, 0.15) is 0 Å². The van der Waals surface area contributed by atoms with Crippen LogP contribution in [-0.4, -0.2) is 36.1 Å². The SMILES string of the molecule is CCCCO.[Sb+3]. The van der Waals surface area contributed by atoms with Crippen LogP contribution >= 0.6 is 0 Å². The third kappa shape index (κ3) is 8.84. The third-order valence-corrected chi connectivity index (χ3v) is 0.512. The summed E-state index contributed by atoms with van der Waals surface area (Å²) >= 11 is 0. The van der Waals surface area contributed by atoms with Gasteiger partial charge < -0.3 is 5.11 Å². The fraction of sp³-hybridized carbons (Fsp3) is 1.00. The molecule has 0 aromatic rings. The van der Waals surface area contributed by atoms with Crippen LogP contribution in [0.15, 0.2) is 0 Å². The predicted molar refractivity (Wildman–Crippen MR) is 27.7 cm³/mol. The number of hydrogen-bond donors (Lipinski definition) is 1. The Morgan fingerprint density at radius 1 is 1.50 bits per heavy atom. The summed E-state index contributed by atoms with van der Waals surface area (Å²) in [6, 6.07) is 0. The van der Waals surface area contributed by atoms with Crippen LogP contribution in [-0.2, 0) is 0 Å². The Hall–Kier alpha value is 0.778. The van der Waals surface area contributed by atoms with E-state index in [1.807, 2.05) is 0 Å². The molecule has 2 radical (unpaired) electrons. The molecule has 1 N–H and O–H groups in total. The third-order valence-electron chi connectivity index (χ3n) is 0.512. The number of hydrogen-bond acceptors (Lipinski definition) is 1. The largest absolute Gasteiger partial charge is 3.00 e. The molecule has 0 aliphatic heterocycles. The molecule has 0 aliphatic rings. The van der Waals surface area contributed by atoms with Gasteiger partial charge in [0.25, 0.3) is 0 Å². The second kappa shape index (κ2) is 9.24. The fourth-order valence-corrected chi connectivity index (χ4v) is 0.158. The smallest absolute Gasteiger partial charge is 0.396 e. The van der Waals surface area contributed by atoms with Crippen molar-refractivity contribution in [1.29, 1.82) is 0 Å². The van der Waals surface area contributed by atoms with Crippen molar-refractivity contribution in [2.45, 2.75) is 19.8 Å². The van der Waals surface area contributed by atoms with Gasteiger partial charge in [-0.3, -0.25) is 0 Å². The van der Waals surface area contributed by atoms with Crippen LogP contribution < -0.4 is 0 Å². The Balaban J connectivity index is 0. The van der Waals surface area contributed by atoms with E-state index >= 15 is 0 Å². The summed E-state index contributed by atoms with van der Waals surface area (Å²) in [4.78, 5) is 0. The van der Waals surface area contributed by atoms with E-state index in [1.165, 1.54) is 0 Å². The minimum atomic E-state index is 0. The average molecular weight is 196 g/mol. The average Bonchev–Trinajstić information content (AvgIpc) is 1.41. The molecule has 0 rings (SSSR count). The maximum Gasteiger partial charge on any atom is 3.00 e. The van der Waals surface area contributed by atoms with Gasteiger partial charge in [-0.15, -0.1) is 0 Å². The molecule has 0 aliphatic carbocycles. The summed E-state index contributed by atoms with van der Waals surface area (Å²) in [6.07, 6.45) is 2.04. The van der Waals surface area contributed by atoms with Gasteiger partial charge in [0.15, 0.2) is 0 Å². The molecule has 34 valence electrons. The van der Waals surface area contributed by atoms with E-state index in [-0.39, 0.29) is 24.4 Å². The van der Waals surface area contributed by atoms with Crippen LogP contribution in [0, 0.1) is 0 Å². The minimum Gasteiger partial charge on any atom is -0.396 e. The van der Waals surface area contributed by atoms with Crippen LogP contribution in [0.3, 0.4) is 0 Å². The first kappa shape index (κ1) is 9.91. The van der Waals surface area contributed by atoms with E-state index in [4.69, 9.17) is 5.11 Å². The normalized spacial score (nSPS) is 7.00. The van der Waals surface area contributed by atoms with Crippen molar-refractivity contribution in [3.8, 4) is 0 Å². The zero-order valence-electron chi connectivity index (χ0n) is 4.02. The Bertz CT molecular complexity index is 15.0. The topological polar surface area (TPSA) is 20.2 Å². The molecular weight excluding hydrogens is 186 g/mol. The van der Waals surface area contributed by atoms with Crippen molar-refractivity contribution >= 4 is 24.4 Å². The second-order valence-electron chi connectivity index (χ2n) is 1.08. The van der Waals surface area contributed by atoms with Gasteiger partial charge in [-0.05, 0) is 6.42 Å².